The lowest BCUT2D eigenvalue weighted by atomic mass is 9.95. The van der Waals surface area contributed by atoms with Crippen LogP contribution in [0.5, 0.6) is 6.01 Å². The number of amides is 1. The number of rotatable bonds is 6. The Bertz CT molecular complexity index is 2320. The van der Waals surface area contributed by atoms with Crippen molar-refractivity contribution in [2.24, 2.45) is 0 Å². The van der Waals surface area contributed by atoms with Gasteiger partial charge < -0.3 is 20.3 Å². The van der Waals surface area contributed by atoms with E-state index in [-0.39, 0.29) is 72.2 Å². The number of thiophene rings is 1. The highest BCUT2D eigenvalue weighted by molar-refractivity contribution is 7.23. The highest BCUT2D eigenvalue weighted by Crippen LogP contribution is 2.46. The van der Waals surface area contributed by atoms with E-state index >= 15 is 4.39 Å². The molecule has 3 aliphatic heterocycles. The summed E-state index contributed by atoms with van der Waals surface area (Å²) in [6, 6.07) is 4.51. The van der Waals surface area contributed by atoms with Gasteiger partial charge in [0.25, 0.3) is 0 Å². The zero-order chi connectivity index (χ0) is 36.6. The van der Waals surface area contributed by atoms with Crippen LogP contribution in [-0.4, -0.2) is 97.6 Å². The van der Waals surface area contributed by atoms with Crippen LogP contribution < -0.4 is 15.4 Å². The molecule has 1 amide bonds. The van der Waals surface area contributed by atoms with Gasteiger partial charge in [0.2, 0.25) is 0 Å². The molecule has 18 heteroatoms. The number of aromatic nitrogens is 5. The van der Waals surface area contributed by atoms with E-state index in [1.54, 1.807) is 11.9 Å². The van der Waals surface area contributed by atoms with Crippen molar-refractivity contribution in [3.63, 3.8) is 0 Å². The number of nitrogens with two attached hydrogens (primary N) is 1. The number of carbonyl (C=O) groups is 1. The second kappa shape index (κ2) is 12.7. The third-order valence-corrected chi connectivity index (χ3v) is 12.0. The van der Waals surface area contributed by atoms with E-state index in [1.807, 2.05) is 13.0 Å². The van der Waals surface area contributed by atoms with E-state index < -0.39 is 41.5 Å². The number of nitrogens with zero attached hydrogens (tertiary/aromatic N) is 9. The molecule has 0 aliphatic carbocycles. The second-order valence-corrected chi connectivity index (χ2v) is 15.0. The van der Waals surface area contributed by atoms with E-state index in [9.17, 15) is 23.2 Å². The molecule has 2 N–H and O–H groups in total. The van der Waals surface area contributed by atoms with Gasteiger partial charge in [-0.05, 0) is 50.4 Å². The van der Waals surface area contributed by atoms with Crippen molar-refractivity contribution < 1.29 is 27.1 Å². The van der Waals surface area contributed by atoms with Crippen molar-refractivity contribution >= 4 is 60.8 Å². The summed E-state index contributed by atoms with van der Waals surface area (Å²) in [5.74, 6) is -1.23. The maximum Gasteiger partial charge on any atom is 0.346 e. The van der Waals surface area contributed by atoms with Crippen molar-refractivity contribution in [2.45, 2.75) is 56.4 Å². The van der Waals surface area contributed by atoms with Gasteiger partial charge in [-0.25, -0.2) is 18.0 Å². The summed E-state index contributed by atoms with van der Waals surface area (Å²) >= 11 is 7.74. The number of fused-ring (bicyclic) bond motifs is 3. The second-order valence-electron chi connectivity index (χ2n) is 13.5. The van der Waals surface area contributed by atoms with Crippen LogP contribution in [0, 0.1) is 29.0 Å². The van der Waals surface area contributed by atoms with Crippen molar-refractivity contribution in [1.29, 1.82) is 5.26 Å². The van der Waals surface area contributed by atoms with E-state index in [0.717, 1.165) is 47.8 Å². The first kappa shape index (κ1) is 34.3. The lowest BCUT2D eigenvalue weighted by Gasteiger charge is -2.33. The first-order chi connectivity index (χ1) is 24.9. The normalized spacial score (nSPS) is 23.1. The predicted molar refractivity (Wildman–Crippen MR) is 187 cm³/mol. The molecule has 3 fully saturated rings. The minimum atomic E-state index is -1.03. The fourth-order valence-electron chi connectivity index (χ4n) is 8.23. The lowest BCUT2D eigenvalue weighted by molar-refractivity contribution is 0.107. The molecule has 6 heterocycles. The van der Waals surface area contributed by atoms with E-state index in [4.69, 9.17) is 27.1 Å². The summed E-state index contributed by atoms with van der Waals surface area (Å²) in [5.41, 5.74) is 5.42. The highest BCUT2D eigenvalue weighted by Gasteiger charge is 2.49. The average Bonchev–Trinajstić information content (AvgIpc) is 3.93. The number of halogens is 5. The number of benzene rings is 2. The Morgan fingerprint density at radius 2 is 2.08 bits per heavy atom. The molecule has 52 heavy (non-hydrogen) atoms. The summed E-state index contributed by atoms with van der Waals surface area (Å²) in [6.07, 6.45) is 1.37. The standard InChI is InChI=1S/C34H31ClF4N10O2S/c1-16-23(6-9-48(16)33(50)49-15-42-31(39)45-49)46(2)30-19-10-21(35)25(18-4-5-22(37)28-24(18)20(12-40)29(41)52-28)26(38)27(19)43-32(44-30)51-14-34-7-3-8-47(34)13-17(36)11-34/h4-5,10,15-17,23H,3,6-9,11,13-14,41H2,1-2H3/t16?,17-,23?,34+/m1/s1. The molecule has 8 rings (SSSR count). The monoisotopic (exact) mass is 754 g/mol. The number of alkyl halides is 1. The van der Waals surface area contributed by atoms with Crippen LogP contribution >= 0.6 is 22.9 Å². The molecule has 0 saturated carbocycles. The number of hydrogen-bond donors (Lipinski definition) is 1. The van der Waals surface area contributed by atoms with Crippen molar-refractivity contribution in [3.05, 3.63) is 52.8 Å². The van der Waals surface area contributed by atoms with Crippen molar-refractivity contribution in [1.82, 2.24) is 34.5 Å². The zero-order valence-electron chi connectivity index (χ0n) is 27.9. The molecular formula is C34H31ClF4N10O2S. The zero-order valence-corrected chi connectivity index (χ0v) is 29.5. The molecule has 2 aromatic carbocycles. The Balaban J connectivity index is 1.24. The number of nitrogen functional groups attached to an aromatic ring is 1. The SMILES string of the molecule is CC1C(N(C)c2nc(OC[C@@]34CCCN3C[C@H](F)C4)nc3c(F)c(-c4ccc(F)c5sc(N)c(C#N)c45)c(Cl)cc23)CCN1C(=O)n1cnc(F)n1. The summed E-state index contributed by atoms with van der Waals surface area (Å²) in [7, 11) is 1.74. The van der Waals surface area contributed by atoms with Crippen LogP contribution in [0.2, 0.25) is 5.02 Å². The van der Waals surface area contributed by atoms with Gasteiger partial charge in [0.05, 0.1) is 32.9 Å². The number of carbonyl (C=O) groups excluding carboxylic acids is 1. The number of likely N-dealkylation sites (N-methyl/N-ethyl adjacent to an activating group) is 1. The third-order valence-electron chi connectivity index (χ3n) is 10.7. The first-order valence-corrected chi connectivity index (χ1v) is 17.8. The number of nitriles is 1. The largest absolute Gasteiger partial charge is 0.461 e. The maximum absolute atomic E-state index is 17.1. The Morgan fingerprint density at radius 1 is 1.27 bits per heavy atom. The molecule has 3 saturated heterocycles. The van der Waals surface area contributed by atoms with Crippen LogP contribution in [0.15, 0.2) is 24.5 Å². The van der Waals surface area contributed by atoms with Crippen molar-refractivity contribution in [2.75, 3.05) is 43.9 Å². The molecule has 5 aromatic rings. The predicted octanol–water partition coefficient (Wildman–Crippen LogP) is 6.15. The molecule has 12 nitrogen and oxygen atoms in total. The highest BCUT2D eigenvalue weighted by atomic mass is 35.5. The molecule has 0 bridgehead atoms. The summed E-state index contributed by atoms with van der Waals surface area (Å²) < 4.78 is 67.3. The Hall–Kier alpha value is -4.79. The van der Waals surface area contributed by atoms with E-state index in [2.05, 4.69) is 20.0 Å². The van der Waals surface area contributed by atoms with Gasteiger partial charge in [0.15, 0.2) is 5.82 Å². The minimum Gasteiger partial charge on any atom is -0.461 e. The molecule has 2 unspecified atom stereocenters. The minimum absolute atomic E-state index is 0.00301. The van der Waals surface area contributed by atoms with E-state index in [1.165, 1.54) is 17.0 Å². The Kier molecular flexibility index (Phi) is 8.38. The maximum atomic E-state index is 17.1. The van der Waals surface area contributed by atoms with Gasteiger partial charge in [-0.15, -0.1) is 16.4 Å². The van der Waals surface area contributed by atoms with Crippen LogP contribution in [0.4, 0.5) is 33.2 Å². The molecule has 4 atom stereocenters. The number of ether oxygens (including phenoxy) is 1. The van der Waals surface area contributed by atoms with Gasteiger partial charge >= 0.3 is 18.1 Å². The fraction of sp³-hybridized carbons (Fsp3) is 0.412. The van der Waals surface area contributed by atoms with Gasteiger partial charge in [-0.2, -0.15) is 29.3 Å². The van der Waals surface area contributed by atoms with Crippen LogP contribution in [-0.2, 0) is 0 Å². The molecule has 270 valence electrons. The topological polar surface area (TPSA) is 142 Å². The molecular weight excluding hydrogens is 724 g/mol. The van der Waals surface area contributed by atoms with Crippen LogP contribution in [0.3, 0.4) is 0 Å². The number of likely N-dealkylation sites (tertiary alicyclic amines) is 1. The van der Waals surface area contributed by atoms with E-state index in [0.29, 0.717) is 25.9 Å². The lowest BCUT2D eigenvalue weighted by Crippen LogP contribution is -2.45. The third kappa shape index (κ3) is 5.38. The van der Waals surface area contributed by atoms with Gasteiger partial charge in [-0.1, -0.05) is 17.7 Å². The smallest absolute Gasteiger partial charge is 0.346 e. The van der Waals surface area contributed by atoms with Crippen LogP contribution in [0.25, 0.3) is 32.1 Å². The molecule has 0 radical (unpaired) electrons. The molecule has 3 aromatic heterocycles. The van der Waals surface area contributed by atoms with Crippen LogP contribution in [0.1, 0.15) is 38.2 Å². The Morgan fingerprint density at radius 3 is 2.83 bits per heavy atom. The first-order valence-electron chi connectivity index (χ1n) is 16.6. The fourth-order valence-corrected chi connectivity index (χ4v) is 9.47. The summed E-state index contributed by atoms with van der Waals surface area (Å²) in [6.45, 7) is 3.26. The van der Waals surface area contributed by atoms with Crippen molar-refractivity contribution in [3.8, 4) is 23.2 Å². The summed E-state index contributed by atoms with van der Waals surface area (Å²) in [4.78, 5) is 31.3. The number of hydrogen-bond acceptors (Lipinski definition) is 11. The number of anilines is 2. The quantitative estimate of drug-likeness (QED) is 0.201. The van der Waals surface area contributed by atoms with Gasteiger partial charge in [0.1, 0.15) is 47.3 Å². The van der Waals surface area contributed by atoms with Gasteiger partial charge in [0, 0.05) is 42.9 Å². The molecule has 0 spiro atoms. The van der Waals surface area contributed by atoms with Gasteiger partial charge in [-0.3, -0.25) is 4.90 Å². The average molecular weight is 755 g/mol. The Labute approximate surface area is 303 Å². The molecule has 3 aliphatic rings. The summed E-state index contributed by atoms with van der Waals surface area (Å²) in [5, 5.41) is 13.8.